The Bertz CT molecular complexity index is 1210. The lowest BCUT2D eigenvalue weighted by Crippen LogP contribution is -2.45. The molecule has 1 saturated carbocycles. The van der Waals surface area contributed by atoms with Gasteiger partial charge in [0.05, 0.1) is 19.1 Å². The Hall–Kier alpha value is -2.55. The van der Waals surface area contributed by atoms with E-state index in [2.05, 4.69) is 4.74 Å². The third-order valence-corrected chi connectivity index (χ3v) is 7.27. The summed E-state index contributed by atoms with van der Waals surface area (Å²) in [5.41, 5.74) is -3.09. The number of ether oxygens (including phenoxy) is 5. The Morgan fingerprint density at radius 2 is 1.35 bits per heavy atom. The lowest BCUT2D eigenvalue weighted by atomic mass is 9.80. The summed E-state index contributed by atoms with van der Waals surface area (Å²) in [6.07, 6.45) is -13.8. The second kappa shape index (κ2) is 9.78. The smallest absolute Gasteiger partial charge is 0.432 e. The molecule has 0 radical (unpaired) electrons. The van der Waals surface area contributed by atoms with Crippen LogP contribution in [0.2, 0.25) is 0 Å². The average molecular weight is 586 g/mol. The Kier molecular flexibility index (Phi) is 7.08. The molecule has 2 aromatic rings. The van der Waals surface area contributed by atoms with Gasteiger partial charge in [0.15, 0.2) is 0 Å². The fourth-order valence-corrected chi connectivity index (χ4v) is 5.32. The summed E-state index contributed by atoms with van der Waals surface area (Å²) in [4.78, 5) is 0. The van der Waals surface area contributed by atoms with Crippen LogP contribution in [-0.2, 0) is 25.1 Å². The predicted molar refractivity (Wildman–Crippen MR) is 118 cm³/mol. The standard InChI is InChI=1S/C26H23F9O5/c1-22-12-36-25(39-22,37-13-22)17-6-4-16(5-7-17)23(29,30)38-18-8-2-14(3-9-18)15-10-19(27)21(20(28)11-15)24(31,32)40-26(33,34)35/h2-3,8-11,16-17H,4-7,12-13H2,1H3. The maximum Gasteiger partial charge on any atom is 0.527 e. The van der Waals surface area contributed by atoms with Gasteiger partial charge in [-0.2, -0.15) is 17.6 Å². The molecule has 0 N–H and O–H groups in total. The maximum atomic E-state index is 15.0. The van der Waals surface area contributed by atoms with Crippen LogP contribution < -0.4 is 4.74 Å². The first-order chi connectivity index (χ1) is 18.5. The molecule has 0 spiro atoms. The van der Waals surface area contributed by atoms with Crippen LogP contribution in [0.3, 0.4) is 0 Å². The minimum absolute atomic E-state index is 0.0000334. The molecule has 3 aliphatic rings. The second-order valence-electron chi connectivity index (χ2n) is 10.3. The Morgan fingerprint density at radius 1 is 0.800 bits per heavy atom. The number of halogens is 9. The zero-order chi connectivity index (χ0) is 29.1. The van der Waals surface area contributed by atoms with Gasteiger partial charge in [-0.05, 0) is 68.0 Å². The van der Waals surface area contributed by atoms with Crippen LogP contribution in [-0.4, -0.2) is 37.3 Å². The molecule has 2 heterocycles. The highest BCUT2D eigenvalue weighted by atomic mass is 19.4. The average Bonchev–Trinajstić information content (AvgIpc) is 3.37. The van der Waals surface area contributed by atoms with Gasteiger partial charge in [-0.1, -0.05) is 12.1 Å². The Labute approximate surface area is 222 Å². The molecule has 3 fully saturated rings. The van der Waals surface area contributed by atoms with Gasteiger partial charge < -0.3 is 18.9 Å². The molecule has 40 heavy (non-hydrogen) atoms. The van der Waals surface area contributed by atoms with Crippen LogP contribution in [0.5, 0.6) is 5.75 Å². The highest BCUT2D eigenvalue weighted by Gasteiger charge is 2.61. The van der Waals surface area contributed by atoms with E-state index in [1.807, 2.05) is 6.92 Å². The summed E-state index contributed by atoms with van der Waals surface area (Å²) in [6.45, 7) is 2.59. The highest BCUT2D eigenvalue weighted by molar-refractivity contribution is 5.65. The van der Waals surface area contributed by atoms with Crippen molar-refractivity contribution < 1.29 is 63.2 Å². The molecule has 220 valence electrons. The molecular weight excluding hydrogens is 563 g/mol. The second-order valence-corrected chi connectivity index (χ2v) is 10.3. The monoisotopic (exact) mass is 586 g/mol. The number of fused-ring (bicyclic) bond motifs is 2. The summed E-state index contributed by atoms with van der Waals surface area (Å²) < 4.78 is 147. The third kappa shape index (κ3) is 5.63. The molecule has 1 aliphatic carbocycles. The van der Waals surface area contributed by atoms with Crippen molar-refractivity contribution in [2.45, 2.75) is 62.8 Å². The largest absolute Gasteiger partial charge is 0.527 e. The van der Waals surface area contributed by atoms with E-state index in [0.29, 0.717) is 38.2 Å². The molecule has 0 aromatic heterocycles. The molecule has 5 nitrogen and oxygen atoms in total. The van der Waals surface area contributed by atoms with Crippen molar-refractivity contribution >= 4 is 0 Å². The van der Waals surface area contributed by atoms with E-state index in [-0.39, 0.29) is 35.6 Å². The van der Waals surface area contributed by atoms with Crippen LogP contribution >= 0.6 is 0 Å². The van der Waals surface area contributed by atoms with E-state index in [1.54, 1.807) is 0 Å². The van der Waals surface area contributed by atoms with Crippen LogP contribution in [0.4, 0.5) is 39.5 Å². The first kappa shape index (κ1) is 29.0. The normalized spacial score (nSPS) is 29.1. The van der Waals surface area contributed by atoms with E-state index in [4.69, 9.17) is 18.9 Å². The van der Waals surface area contributed by atoms with E-state index >= 15 is 0 Å². The molecule has 2 saturated heterocycles. The van der Waals surface area contributed by atoms with Gasteiger partial charge in [-0.25, -0.2) is 13.5 Å². The van der Waals surface area contributed by atoms with Crippen molar-refractivity contribution in [3.8, 4) is 16.9 Å². The quantitative estimate of drug-likeness (QED) is 0.315. The maximum absolute atomic E-state index is 15.0. The molecule has 2 aromatic carbocycles. The molecule has 0 unspecified atom stereocenters. The zero-order valence-electron chi connectivity index (χ0n) is 20.8. The highest BCUT2D eigenvalue weighted by Crippen LogP contribution is 2.51. The molecule has 5 rings (SSSR count). The van der Waals surface area contributed by atoms with Gasteiger partial charge in [0.2, 0.25) is 0 Å². The number of hydrogen-bond donors (Lipinski definition) is 0. The number of benzene rings is 2. The van der Waals surface area contributed by atoms with Crippen LogP contribution in [0, 0.1) is 23.5 Å². The lowest BCUT2D eigenvalue weighted by molar-refractivity contribution is -0.432. The number of hydrogen-bond acceptors (Lipinski definition) is 5. The van der Waals surface area contributed by atoms with Crippen LogP contribution in [0.25, 0.3) is 11.1 Å². The fraction of sp³-hybridized carbons (Fsp3) is 0.538. The van der Waals surface area contributed by atoms with Gasteiger partial charge in [0, 0.05) is 5.92 Å². The number of rotatable bonds is 7. The van der Waals surface area contributed by atoms with Crippen LogP contribution in [0.1, 0.15) is 38.2 Å². The summed E-state index contributed by atoms with van der Waals surface area (Å²) in [7, 11) is 0. The molecule has 0 amide bonds. The van der Waals surface area contributed by atoms with Gasteiger partial charge in [-0.3, -0.25) is 0 Å². The first-order valence-corrected chi connectivity index (χ1v) is 12.3. The SMILES string of the molecule is CC12COC(C3CCC(C(F)(F)Oc4ccc(-c5cc(F)c(C(F)(F)OC(F)(F)F)c(F)c5)cc4)CC3)(OC1)O2. The lowest BCUT2D eigenvalue weighted by Gasteiger charge is -2.38. The van der Waals surface area contributed by atoms with Crippen molar-refractivity contribution in [3.63, 3.8) is 0 Å². The summed E-state index contributed by atoms with van der Waals surface area (Å²) in [6, 6.07) is 5.22. The first-order valence-electron chi connectivity index (χ1n) is 12.3. The van der Waals surface area contributed by atoms with E-state index < -0.39 is 53.3 Å². The number of alkyl halides is 7. The van der Waals surface area contributed by atoms with E-state index in [0.717, 1.165) is 24.3 Å². The third-order valence-electron chi connectivity index (χ3n) is 7.27. The van der Waals surface area contributed by atoms with Crippen molar-refractivity contribution in [1.82, 2.24) is 0 Å². The molecule has 2 aliphatic heterocycles. The van der Waals surface area contributed by atoms with E-state index in [1.165, 1.54) is 0 Å². The van der Waals surface area contributed by atoms with Gasteiger partial charge >= 0.3 is 18.6 Å². The topological polar surface area (TPSA) is 46.2 Å². The van der Waals surface area contributed by atoms with Crippen molar-refractivity contribution in [1.29, 1.82) is 0 Å². The molecular formula is C26H23F9O5. The van der Waals surface area contributed by atoms with Crippen molar-refractivity contribution in [2.24, 2.45) is 11.8 Å². The minimum Gasteiger partial charge on any atom is -0.432 e. The summed E-state index contributed by atoms with van der Waals surface area (Å²) >= 11 is 0. The van der Waals surface area contributed by atoms with Gasteiger partial charge in [0.25, 0.3) is 5.97 Å². The van der Waals surface area contributed by atoms with Gasteiger partial charge in [-0.15, -0.1) is 13.2 Å². The van der Waals surface area contributed by atoms with E-state index in [9.17, 15) is 39.5 Å². The zero-order valence-corrected chi connectivity index (χ0v) is 20.8. The van der Waals surface area contributed by atoms with Crippen LogP contribution in [0.15, 0.2) is 36.4 Å². The molecule has 0 atom stereocenters. The summed E-state index contributed by atoms with van der Waals surface area (Å²) in [5, 5.41) is 0. The predicted octanol–water partition coefficient (Wildman–Crippen LogP) is 7.49. The Morgan fingerprint density at radius 3 is 1.82 bits per heavy atom. The fourth-order valence-electron chi connectivity index (χ4n) is 5.32. The summed E-state index contributed by atoms with van der Waals surface area (Å²) in [5.74, 6) is -6.79. The van der Waals surface area contributed by atoms with Gasteiger partial charge in [0.1, 0.15) is 28.5 Å². The Balaban J connectivity index is 1.23. The van der Waals surface area contributed by atoms with Crippen molar-refractivity contribution in [3.05, 3.63) is 53.6 Å². The minimum atomic E-state index is -5.86. The van der Waals surface area contributed by atoms with Crippen molar-refractivity contribution in [2.75, 3.05) is 13.2 Å². The molecule has 14 heteroatoms. The molecule has 2 bridgehead atoms.